The quantitative estimate of drug-likeness (QED) is 0.852. The van der Waals surface area contributed by atoms with Gasteiger partial charge in [0.2, 0.25) is 11.8 Å². The van der Waals surface area contributed by atoms with E-state index in [1.165, 1.54) is 38.5 Å². The van der Waals surface area contributed by atoms with E-state index < -0.39 is 5.82 Å². The second-order valence-corrected chi connectivity index (χ2v) is 3.49. The van der Waals surface area contributed by atoms with Crippen LogP contribution in [0.25, 0.3) is 0 Å². The fourth-order valence-electron chi connectivity index (χ4n) is 1.34. The molecule has 0 unspecified atom stereocenters. The molecule has 1 aromatic carbocycles. The normalized spacial score (nSPS) is 10.1. The van der Waals surface area contributed by atoms with Crippen molar-refractivity contribution in [2.24, 2.45) is 0 Å². The summed E-state index contributed by atoms with van der Waals surface area (Å²) >= 11 is 0. The highest BCUT2D eigenvalue weighted by molar-refractivity contribution is 5.54. The first-order valence-corrected chi connectivity index (χ1v) is 5.33. The maximum Gasteiger partial charge on any atom is 0.328 e. The molecule has 1 heterocycles. The second-order valence-electron chi connectivity index (χ2n) is 3.49. The first-order valence-electron chi connectivity index (χ1n) is 5.33. The molecule has 2 rings (SSSR count). The van der Waals surface area contributed by atoms with Gasteiger partial charge in [0.05, 0.1) is 20.3 Å². The minimum absolute atomic E-state index is 0.0477. The Kier molecular flexibility index (Phi) is 3.65. The molecule has 2 N–H and O–H groups in total. The Balaban J connectivity index is 2.34. The lowest BCUT2D eigenvalue weighted by Crippen LogP contribution is -2.00. The number of hydrogen-bond donors (Lipinski definition) is 1. The SMILES string of the molecule is COc1cc(OC)nc(Oc2cccc(F)c2N)n1. The number of nitrogens with zero attached hydrogens (tertiary/aromatic N) is 2. The topological polar surface area (TPSA) is 79.5 Å². The molecule has 0 spiro atoms. The first kappa shape index (κ1) is 12.9. The molecule has 1 aromatic heterocycles. The molecular formula is C12H12FN3O3. The highest BCUT2D eigenvalue weighted by Gasteiger charge is 2.11. The zero-order valence-electron chi connectivity index (χ0n) is 10.4. The molecule has 0 amide bonds. The highest BCUT2D eigenvalue weighted by atomic mass is 19.1. The second kappa shape index (κ2) is 5.38. The van der Waals surface area contributed by atoms with Gasteiger partial charge in [0.25, 0.3) is 0 Å². The zero-order valence-corrected chi connectivity index (χ0v) is 10.4. The molecule has 0 fully saturated rings. The molecule has 0 aliphatic rings. The van der Waals surface area contributed by atoms with Crippen molar-refractivity contribution in [2.75, 3.05) is 20.0 Å². The summed E-state index contributed by atoms with van der Waals surface area (Å²) in [6.07, 6.45) is 0. The van der Waals surface area contributed by atoms with Crippen molar-refractivity contribution >= 4 is 5.69 Å². The Bertz CT molecular complexity index is 570. The number of para-hydroxylation sites is 1. The smallest absolute Gasteiger partial charge is 0.328 e. The van der Waals surface area contributed by atoms with Gasteiger partial charge in [-0.05, 0) is 12.1 Å². The van der Waals surface area contributed by atoms with Gasteiger partial charge in [0.15, 0.2) is 5.75 Å². The van der Waals surface area contributed by atoms with Gasteiger partial charge in [-0.3, -0.25) is 0 Å². The predicted molar refractivity (Wildman–Crippen MR) is 66.0 cm³/mol. The standard InChI is InChI=1S/C12H12FN3O3/c1-17-9-6-10(18-2)16-12(15-9)19-8-5-3-4-7(13)11(8)14/h3-6H,14H2,1-2H3. The van der Waals surface area contributed by atoms with E-state index in [2.05, 4.69) is 9.97 Å². The van der Waals surface area contributed by atoms with Crippen LogP contribution in [-0.4, -0.2) is 24.2 Å². The fourth-order valence-corrected chi connectivity index (χ4v) is 1.34. The summed E-state index contributed by atoms with van der Waals surface area (Å²) in [7, 11) is 2.89. The highest BCUT2D eigenvalue weighted by Crippen LogP contribution is 2.29. The van der Waals surface area contributed by atoms with Crippen LogP contribution in [0.4, 0.5) is 10.1 Å². The van der Waals surface area contributed by atoms with Crippen LogP contribution in [0.5, 0.6) is 23.5 Å². The van der Waals surface area contributed by atoms with Crippen LogP contribution < -0.4 is 19.9 Å². The number of rotatable bonds is 4. The van der Waals surface area contributed by atoms with Crippen LogP contribution in [0.2, 0.25) is 0 Å². The van der Waals surface area contributed by atoms with Gasteiger partial charge >= 0.3 is 6.01 Å². The monoisotopic (exact) mass is 265 g/mol. The number of aromatic nitrogens is 2. The summed E-state index contributed by atoms with van der Waals surface area (Å²) in [4.78, 5) is 7.90. The van der Waals surface area contributed by atoms with E-state index in [0.717, 1.165) is 0 Å². The lowest BCUT2D eigenvalue weighted by atomic mass is 10.3. The van der Waals surface area contributed by atoms with Crippen LogP contribution in [0.15, 0.2) is 24.3 Å². The minimum atomic E-state index is -0.577. The van der Waals surface area contributed by atoms with E-state index in [0.29, 0.717) is 0 Å². The molecule has 0 aliphatic heterocycles. The summed E-state index contributed by atoms with van der Waals surface area (Å²) in [6, 6.07) is 5.65. The number of hydrogen-bond acceptors (Lipinski definition) is 6. The molecule has 0 saturated carbocycles. The van der Waals surface area contributed by atoms with E-state index in [1.54, 1.807) is 0 Å². The Morgan fingerprint density at radius 2 is 1.74 bits per heavy atom. The molecule has 7 heteroatoms. The number of halogens is 1. The third-order valence-electron chi connectivity index (χ3n) is 2.29. The van der Waals surface area contributed by atoms with Gasteiger partial charge in [-0.15, -0.1) is 0 Å². The molecular weight excluding hydrogens is 253 g/mol. The lowest BCUT2D eigenvalue weighted by molar-refractivity contribution is 0.348. The van der Waals surface area contributed by atoms with Crippen molar-refractivity contribution in [2.45, 2.75) is 0 Å². The Hall–Kier alpha value is -2.57. The molecule has 6 nitrogen and oxygen atoms in total. The summed E-state index contributed by atoms with van der Waals surface area (Å²) in [6.45, 7) is 0. The van der Waals surface area contributed by atoms with Crippen LogP contribution in [0.1, 0.15) is 0 Å². The molecule has 19 heavy (non-hydrogen) atoms. The van der Waals surface area contributed by atoms with Gasteiger partial charge in [0, 0.05) is 0 Å². The number of nitrogens with two attached hydrogens (primary N) is 1. The average Bonchev–Trinajstić information content (AvgIpc) is 2.43. The number of nitrogen functional groups attached to an aromatic ring is 1. The number of benzene rings is 1. The van der Waals surface area contributed by atoms with Gasteiger partial charge in [-0.2, -0.15) is 9.97 Å². The Morgan fingerprint density at radius 3 is 2.32 bits per heavy atom. The van der Waals surface area contributed by atoms with Gasteiger partial charge in [-0.25, -0.2) is 4.39 Å². The van der Waals surface area contributed by atoms with Crippen molar-refractivity contribution in [1.82, 2.24) is 9.97 Å². The molecule has 0 radical (unpaired) electrons. The van der Waals surface area contributed by atoms with Crippen molar-refractivity contribution in [1.29, 1.82) is 0 Å². The van der Waals surface area contributed by atoms with Gasteiger partial charge in [-0.1, -0.05) is 6.07 Å². The number of anilines is 1. The summed E-state index contributed by atoms with van der Waals surface area (Å²) in [5.41, 5.74) is 5.44. The number of ether oxygens (including phenoxy) is 3. The first-order chi connectivity index (χ1) is 9.13. The van der Waals surface area contributed by atoms with Crippen molar-refractivity contribution in [3.05, 3.63) is 30.1 Å². The Labute approximate surface area is 109 Å². The van der Waals surface area contributed by atoms with E-state index in [1.807, 2.05) is 0 Å². The molecule has 2 aromatic rings. The van der Waals surface area contributed by atoms with Gasteiger partial charge in [0.1, 0.15) is 11.5 Å². The van der Waals surface area contributed by atoms with E-state index >= 15 is 0 Å². The average molecular weight is 265 g/mol. The summed E-state index contributed by atoms with van der Waals surface area (Å²) in [5.74, 6) is 0.0660. The van der Waals surface area contributed by atoms with Crippen molar-refractivity contribution in [3.8, 4) is 23.5 Å². The molecule has 0 bridgehead atoms. The predicted octanol–water partition coefficient (Wildman–Crippen LogP) is 2.01. The van der Waals surface area contributed by atoms with Crippen LogP contribution >= 0.6 is 0 Å². The number of methoxy groups -OCH3 is 2. The molecule has 0 aliphatic carbocycles. The maximum absolute atomic E-state index is 13.3. The fraction of sp³-hybridized carbons (Fsp3) is 0.167. The molecule has 100 valence electrons. The zero-order chi connectivity index (χ0) is 13.8. The third-order valence-corrected chi connectivity index (χ3v) is 2.29. The van der Waals surface area contributed by atoms with Crippen molar-refractivity contribution in [3.63, 3.8) is 0 Å². The van der Waals surface area contributed by atoms with Crippen LogP contribution in [0.3, 0.4) is 0 Å². The minimum Gasteiger partial charge on any atom is -0.481 e. The van der Waals surface area contributed by atoms with E-state index in [4.69, 9.17) is 19.9 Å². The van der Waals surface area contributed by atoms with E-state index in [9.17, 15) is 4.39 Å². The largest absolute Gasteiger partial charge is 0.481 e. The molecule has 0 atom stereocenters. The summed E-state index contributed by atoms with van der Waals surface area (Å²) in [5, 5.41) is 0. The van der Waals surface area contributed by atoms with Gasteiger partial charge < -0.3 is 19.9 Å². The molecule has 0 saturated heterocycles. The van der Waals surface area contributed by atoms with Crippen LogP contribution in [0, 0.1) is 5.82 Å². The Morgan fingerprint density at radius 1 is 1.11 bits per heavy atom. The third kappa shape index (κ3) is 2.82. The summed E-state index contributed by atoms with van der Waals surface area (Å²) < 4.78 is 28.6. The van der Waals surface area contributed by atoms with E-state index in [-0.39, 0.29) is 29.2 Å². The van der Waals surface area contributed by atoms with Crippen molar-refractivity contribution < 1.29 is 18.6 Å². The lowest BCUT2D eigenvalue weighted by Gasteiger charge is -2.09. The van der Waals surface area contributed by atoms with Crippen LogP contribution in [-0.2, 0) is 0 Å². The maximum atomic E-state index is 13.3.